The summed E-state index contributed by atoms with van der Waals surface area (Å²) in [5.74, 6) is 1.86. The van der Waals surface area contributed by atoms with Gasteiger partial charge in [-0.3, -0.25) is 4.99 Å². The third-order valence-corrected chi connectivity index (χ3v) is 5.99. The van der Waals surface area contributed by atoms with Crippen LogP contribution in [0.25, 0.3) is 0 Å². The molecule has 7 nitrogen and oxygen atoms in total. The van der Waals surface area contributed by atoms with Crippen LogP contribution in [-0.4, -0.2) is 77.5 Å². The number of hydrogen-bond acceptors (Lipinski definition) is 5. The van der Waals surface area contributed by atoms with Crippen molar-refractivity contribution in [1.82, 2.24) is 10.2 Å². The van der Waals surface area contributed by atoms with Crippen molar-refractivity contribution in [2.75, 3.05) is 76.4 Å². The Bertz CT molecular complexity index is 880. The zero-order valence-electron chi connectivity index (χ0n) is 19.0. The molecule has 0 aromatic heterocycles. The van der Waals surface area contributed by atoms with Gasteiger partial charge in [-0.15, -0.1) is 24.0 Å². The van der Waals surface area contributed by atoms with Crippen molar-refractivity contribution in [3.63, 3.8) is 0 Å². The average Bonchev–Trinajstić information content (AvgIpc) is 2.85. The highest BCUT2D eigenvalue weighted by molar-refractivity contribution is 14.0. The number of ether oxygens (including phenoxy) is 2. The van der Waals surface area contributed by atoms with E-state index in [2.05, 4.69) is 61.4 Å². The maximum Gasteiger partial charge on any atom is 0.194 e. The molecule has 4 rings (SSSR count). The van der Waals surface area contributed by atoms with Crippen LogP contribution >= 0.6 is 24.0 Å². The number of hydrogen-bond donors (Lipinski definition) is 1. The van der Waals surface area contributed by atoms with E-state index in [1.54, 1.807) is 7.11 Å². The number of piperazine rings is 1. The molecule has 2 heterocycles. The lowest BCUT2D eigenvalue weighted by Gasteiger charge is -2.38. The molecule has 2 aliphatic heterocycles. The molecule has 0 amide bonds. The Hall–Kier alpha value is -2.20. The summed E-state index contributed by atoms with van der Waals surface area (Å²) in [4.78, 5) is 11.7. The molecule has 0 atom stereocenters. The Labute approximate surface area is 208 Å². The van der Waals surface area contributed by atoms with Crippen molar-refractivity contribution in [3.05, 3.63) is 54.1 Å². The molecule has 2 saturated heterocycles. The predicted molar refractivity (Wildman–Crippen MR) is 142 cm³/mol. The van der Waals surface area contributed by atoms with Gasteiger partial charge < -0.3 is 29.5 Å². The van der Waals surface area contributed by atoms with Crippen molar-refractivity contribution >= 4 is 41.3 Å². The van der Waals surface area contributed by atoms with Crippen LogP contribution in [0.15, 0.2) is 53.5 Å². The summed E-state index contributed by atoms with van der Waals surface area (Å²) in [6.07, 6.45) is 0. The first-order valence-corrected chi connectivity index (χ1v) is 11.0. The van der Waals surface area contributed by atoms with Crippen molar-refractivity contribution < 1.29 is 9.47 Å². The van der Waals surface area contributed by atoms with E-state index in [1.807, 2.05) is 19.2 Å². The second-order valence-electron chi connectivity index (χ2n) is 7.80. The molecule has 2 aliphatic rings. The van der Waals surface area contributed by atoms with Gasteiger partial charge in [-0.2, -0.15) is 0 Å². The molecular formula is C24H34IN5O2. The molecule has 174 valence electrons. The monoisotopic (exact) mass is 551 g/mol. The Morgan fingerprint density at radius 1 is 0.969 bits per heavy atom. The Morgan fingerprint density at radius 2 is 1.72 bits per heavy atom. The highest BCUT2D eigenvalue weighted by atomic mass is 127. The fraction of sp³-hybridized carbons (Fsp3) is 0.458. The largest absolute Gasteiger partial charge is 0.497 e. The molecule has 0 unspecified atom stereocenters. The normalized spacial score (nSPS) is 17.1. The zero-order valence-corrected chi connectivity index (χ0v) is 21.3. The van der Waals surface area contributed by atoms with Gasteiger partial charge in [-0.25, -0.2) is 0 Å². The van der Waals surface area contributed by atoms with Crippen molar-refractivity contribution in [3.8, 4) is 5.75 Å². The molecule has 0 spiro atoms. The number of morpholine rings is 1. The van der Waals surface area contributed by atoms with Crippen LogP contribution in [-0.2, 0) is 11.3 Å². The number of methoxy groups -OCH3 is 1. The van der Waals surface area contributed by atoms with Crippen molar-refractivity contribution in [1.29, 1.82) is 0 Å². The maximum atomic E-state index is 5.52. The Kier molecular flexibility index (Phi) is 9.28. The third-order valence-electron chi connectivity index (χ3n) is 5.99. The number of rotatable bonds is 5. The number of nitrogens with zero attached hydrogens (tertiary/aromatic N) is 4. The minimum absolute atomic E-state index is 0. The zero-order chi connectivity index (χ0) is 21.5. The molecule has 0 aliphatic carbocycles. The van der Waals surface area contributed by atoms with E-state index in [9.17, 15) is 0 Å². The molecule has 0 saturated carbocycles. The Balaban J connectivity index is 0.00000289. The quantitative estimate of drug-likeness (QED) is 0.351. The molecule has 2 fully saturated rings. The summed E-state index contributed by atoms with van der Waals surface area (Å²) in [6, 6.07) is 16.9. The first-order chi connectivity index (χ1) is 15.3. The van der Waals surface area contributed by atoms with Crippen molar-refractivity contribution in [2.24, 2.45) is 4.99 Å². The summed E-state index contributed by atoms with van der Waals surface area (Å²) in [5, 5.41) is 3.59. The fourth-order valence-electron chi connectivity index (χ4n) is 4.26. The summed E-state index contributed by atoms with van der Waals surface area (Å²) < 4.78 is 10.9. The molecule has 2 aromatic rings. The fourth-order valence-corrected chi connectivity index (χ4v) is 4.26. The highest BCUT2D eigenvalue weighted by Crippen LogP contribution is 2.23. The SMILES string of the molecule is CN=C(NCc1ccccc1N1CCOCC1)N1CCN(c2cccc(OC)c2)CC1.I. The number of para-hydroxylation sites is 1. The number of nitrogens with one attached hydrogen (secondary N) is 1. The first kappa shape index (κ1) is 24.4. The standard InChI is InChI=1S/C24H33N5O2.HI/c1-25-24(26-19-20-6-3-4-9-23(20)28-14-16-31-17-15-28)29-12-10-27(11-13-29)21-7-5-8-22(18-21)30-2;/h3-9,18H,10-17,19H2,1-2H3,(H,25,26);1H. The molecule has 0 bridgehead atoms. The van der Waals surface area contributed by atoms with E-state index in [0.717, 1.165) is 70.7 Å². The smallest absolute Gasteiger partial charge is 0.194 e. The van der Waals surface area contributed by atoms with Gasteiger partial charge in [-0.05, 0) is 23.8 Å². The van der Waals surface area contributed by atoms with Crippen LogP contribution in [0.5, 0.6) is 5.75 Å². The average molecular weight is 551 g/mol. The molecule has 8 heteroatoms. The van der Waals surface area contributed by atoms with Crippen molar-refractivity contribution in [2.45, 2.75) is 6.54 Å². The number of anilines is 2. The first-order valence-electron chi connectivity index (χ1n) is 11.0. The number of benzene rings is 2. The second-order valence-corrected chi connectivity index (χ2v) is 7.80. The van der Waals surface area contributed by atoms with Crippen LogP contribution in [0.2, 0.25) is 0 Å². The number of aliphatic imine (C=N–C) groups is 1. The minimum atomic E-state index is 0. The van der Waals surface area contributed by atoms with E-state index in [1.165, 1.54) is 16.9 Å². The summed E-state index contributed by atoms with van der Waals surface area (Å²) in [6.45, 7) is 8.01. The van der Waals surface area contributed by atoms with Gasteiger partial charge in [0.25, 0.3) is 0 Å². The van der Waals surface area contributed by atoms with Crippen LogP contribution in [0, 0.1) is 0 Å². The summed E-state index contributed by atoms with van der Waals surface area (Å²) in [7, 11) is 3.58. The minimum Gasteiger partial charge on any atom is -0.497 e. The van der Waals surface area contributed by atoms with Gasteiger partial charge in [0.05, 0.1) is 20.3 Å². The van der Waals surface area contributed by atoms with Crippen LogP contribution < -0.4 is 19.9 Å². The van der Waals surface area contributed by atoms with E-state index in [4.69, 9.17) is 9.47 Å². The van der Waals surface area contributed by atoms with Gasteiger partial charge in [0, 0.05) is 70.3 Å². The predicted octanol–water partition coefficient (Wildman–Crippen LogP) is 3.05. The van der Waals surface area contributed by atoms with Crippen LogP contribution in [0.3, 0.4) is 0 Å². The lowest BCUT2D eigenvalue weighted by molar-refractivity contribution is 0.122. The van der Waals surface area contributed by atoms with E-state index >= 15 is 0 Å². The highest BCUT2D eigenvalue weighted by Gasteiger charge is 2.21. The number of halogens is 1. The van der Waals surface area contributed by atoms with E-state index < -0.39 is 0 Å². The molecular weight excluding hydrogens is 517 g/mol. The maximum absolute atomic E-state index is 5.52. The third kappa shape index (κ3) is 5.98. The molecule has 2 aromatic carbocycles. The lowest BCUT2D eigenvalue weighted by atomic mass is 10.1. The molecule has 0 radical (unpaired) electrons. The van der Waals surface area contributed by atoms with Crippen LogP contribution in [0.4, 0.5) is 11.4 Å². The molecule has 1 N–H and O–H groups in total. The van der Waals surface area contributed by atoms with Gasteiger partial charge in [0.1, 0.15) is 5.75 Å². The molecule has 32 heavy (non-hydrogen) atoms. The second kappa shape index (κ2) is 12.2. The lowest BCUT2D eigenvalue weighted by Crippen LogP contribution is -2.52. The van der Waals surface area contributed by atoms with Gasteiger partial charge in [0.15, 0.2) is 5.96 Å². The van der Waals surface area contributed by atoms with Gasteiger partial charge in [-0.1, -0.05) is 24.3 Å². The topological polar surface area (TPSA) is 52.6 Å². The van der Waals surface area contributed by atoms with Gasteiger partial charge >= 0.3 is 0 Å². The van der Waals surface area contributed by atoms with Crippen LogP contribution in [0.1, 0.15) is 5.56 Å². The van der Waals surface area contributed by atoms with E-state index in [-0.39, 0.29) is 24.0 Å². The van der Waals surface area contributed by atoms with E-state index in [0.29, 0.717) is 0 Å². The van der Waals surface area contributed by atoms with Gasteiger partial charge in [0.2, 0.25) is 0 Å². The number of guanidine groups is 1. The summed E-state index contributed by atoms with van der Waals surface area (Å²) in [5.41, 5.74) is 3.79. The summed E-state index contributed by atoms with van der Waals surface area (Å²) >= 11 is 0. The Morgan fingerprint density at radius 3 is 2.44 bits per heavy atom.